The predicted octanol–water partition coefficient (Wildman–Crippen LogP) is 4.50. The molecule has 7 heteroatoms. The molecule has 0 radical (unpaired) electrons. The molecule has 0 spiro atoms. The van der Waals surface area contributed by atoms with Crippen molar-refractivity contribution in [1.82, 2.24) is 0 Å². The molecule has 1 aromatic carbocycles. The van der Waals surface area contributed by atoms with Gasteiger partial charge in [0.15, 0.2) is 0 Å². The van der Waals surface area contributed by atoms with Gasteiger partial charge in [-0.2, -0.15) is 0 Å². The van der Waals surface area contributed by atoms with Crippen molar-refractivity contribution in [2.24, 2.45) is 0 Å². The molecule has 1 atom stereocenters. The Morgan fingerprint density at radius 3 is 2.05 bits per heavy atom. The average molecular weight is 333 g/mol. The van der Waals surface area contributed by atoms with Crippen LogP contribution < -0.4 is 4.72 Å². The van der Waals surface area contributed by atoms with Crippen molar-refractivity contribution in [3.05, 3.63) is 30.3 Å². The SMILES string of the molecule is CCCCOP(=O)(OCCCC)S(=O)Nc1ccccc1. The van der Waals surface area contributed by atoms with Gasteiger partial charge in [0.25, 0.3) is 0 Å². The van der Waals surface area contributed by atoms with E-state index in [2.05, 4.69) is 4.72 Å². The molecule has 0 aromatic heterocycles. The maximum atomic E-state index is 12.7. The van der Waals surface area contributed by atoms with Crippen molar-refractivity contribution in [1.29, 1.82) is 0 Å². The van der Waals surface area contributed by atoms with E-state index < -0.39 is 17.4 Å². The first-order valence-corrected chi connectivity index (χ1v) is 10.6. The van der Waals surface area contributed by atoms with E-state index in [0.29, 0.717) is 5.69 Å². The molecule has 0 bridgehead atoms. The van der Waals surface area contributed by atoms with Gasteiger partial charge in [0.1, 0.15) is 0 Å². The van der Waals surface area contributed by atoms with Gasteiger partial charge in [-0.3, -0.25) is 13.8 Å². The monoisotopic (exact) mass is 333 g/mol. The van der Waals surface area contributed by atoms with Crippen molar-refractivity contribution in [2.75, 3.05) is 17.9 Å². The molecule has 120 valence electrons. The lowest BCUT2D eigenvalue weighted by molar-refractivity contribution is 0.214. The van der Waals surface area contributed by atoms with Crippen LogP contribution in [-0.4, -0.2) is 17.4 Å². The highest BCUT2D eigenvalue weighted by Crippen LogP contribution is 2.52. The first-order chi connectivity index (χ1) is 10.1. The lowest BCUT2D eigenvalue weighted by Crippen LogP contribution is -2.11. The summed E-state index contributed by atoms with van der Waals surface area (Å²) < 4.78 is 38.3. The van der Waals surface area contributed by atoms with E-state index in [0.717, 1.165) is 25.7 Å². The molecule has 0 fully saturated rings. The van der Waals surface area contributed by atoms with E-state index in [-0.39, 0.29) is 13.2 Å². The zero-order chi connectivity index (χ0) is 15.6. The van der Waals surface area contributed by atoms with Crippen LogP contribution in [0.15, 0.2) is 30.3 Å². The van der Waals surface area contributed by atoms with Gasteiger partial charge in [0, 0.05) is 5.69 Å². The smallest absolute Gasteiger partial charge is 0.298 e. The van der Waals surface area contributed by atoms with E-state index >= 15 is 0 Å². The van der Waals surface area contributed by atoms with Gasteiger partial charge < -0.3 is 0 Å². The Balaban J connectivity index is 2.69. The number of para-hydroxylation sites is 1. The van der Waals surface area contributed by atoms with E-state index in [9.17, 15) is 8.77 Å². The van der Waals surface area contributed by atoms with Crippen LogP contribution in [0.1, 0.15) is 39.5 Å². The number of hydrogen-bond acceptors (Lipinski definition) is 4. The minimum Gasteiger partial charge on any atom is -0.298 e. The first kappa shape index (κ1) is 18.4. The third-order valence-corrected chi connectivity index (χ3v) is 6.62. The van der Waals surface area contributed by atoms with E-state index in [1.165, 1.54) is 0 Å². The van der Waals surface area contributed by atoms with Crippen molar-refractivity contribution in [3.8, 4) is 0 Å². The van der Waals surface area contributed by atoms with Gasteiger partial charge in [-0.15, -0.1) is 0 Å². The summed E-state index contributed by atoms with van der Waals surface area (Å²) in [5, 5.41) is 0. The molecular weight excluding hydrogens is 309 g/mol. The van der Waals surface area contributed by atoms with Gasteiger partial charge >= 0.3 is 6.80 Å². The Hall–Kier alpha value is -0.680. The number of nitrogens with one attached hydrogen (secondary N) is 1. The zero-order valence-electron chi connectivity index (χ0n) is 12.6. The fraction of sp³-hybridized carbons (Fsp3) is 0.571. The molecule has 21 heavy (non-hydrogen) atoms. The fourth-order valence-electron chi connectivity index (χ4n) is 1.44. The molecule has 0 saturated carbocycles. The lowest BCUT2D eigenvalue weighted by atomic mass is 10.3. The normalized spacial score (nSPS) is 13.0. The lowest BCUT2D eigenvalue weighted by Gasteiger charge is -2.18. The van der Waals surface area contributed by atoms with Crippen molar-refractivity contribution >= 4 is 23.1 Å². The van der Waals surface area contributed by atoms with Gasteiger partial charge in [-0.05, 0) is 25.0 Å². The Morgan fingerprint density at radius 1 is 1.05 bits per heavy atom. The highest BCUT2D eigenvalue weighted by atomic mass is 32.8. The van der Waals surface area contributed by atoms with Crippen LogP contribution in [0.4, 0.5) is 5.69 Å². The third-order valence-electron chi connectivity index (χ3n) is 2.68. The summed E-state index contributed by atoms with van der Waals surface area (Å²) in [5.74, 6) is 0. The van der Waals surface area contributed by atoms with Crippen LogP contribution in [0.25, 0.3) is 0 Å². The van der Waals surface area contributed by atoms with Crippen molar-refractivity contribution < 1.29 is 17.8 Å². The number of hydrogen-bond donors (Lipinski definition) is 1. The van der Waals surface area contributed by atoms with Gasteiger partial charge in [0.05, 0.1) is 13.2 Å². The second-order valence-corrected chi connectivity index (χ2v) is 8.99. The standard InChI is InChI=1S/C14H24NO4PS/c1-3-5-12-18-20(16,19-13-6-4-2)21(17)15-14-10-8-7-9-11-14/h7-11,15H,3-6,12-13H2,1-2H3. The molecule has 1 rings (SSSR count). The van der Waals surface area contributed by atoms with Crippen LogP contribution in [0.3, 0.4) is 0 Å². The van der Waals surface area contributed by atoms with Crippen LogP contribution in [0.5, 0.6) is 0 Å². The molecule has 1 N–H and O–H groups in total. The highest BCUT2D eigenvalue weighted by molar-refractivity contribution is 8.46. The van der Waals surface area contributed by atoms with E-state index in [1.54, 1.807) is 24.3 Å². The van der Waals surface area contributed by atoms with Crippen LogP contribution >= 0.6 is 6.80 Å². The molecule has 0 amide bonds. The minimum atomic E-state index is -3.67. The number of anilines is 1. The van der Waals surface area contributed by atoms with E-state index in [1.807, 2.05) is 19.9 Å². The number of unbranched alkanes of at least 4 members (excludes halogenated alkanes) is 2. The van der Waals surface area contributed by atoms with Gasteiger partial charge in [-0.25, -0.2) is 8.77 Å². The Morgan fingerprint density at radius 2 is 1.57 bits per heavy atom. The summed E-state index contributed by atoms with van der Waals surface area (Å²) in [5.41, 5.74) is 0.620. The van der Waals surface area contributed by atoms with Crippen molar-refractivity contribution in [2.45, 2.75) is 39.5 Å². The predicted molar refractivity (Wildman–Crippen MR) is 87.5 cm³/mol. The molecule has 5 nitrogen and oxygen atoms in total. The summed E-state index contributed by atoms with van der Waals surface area (Å²) in [6, 6.07) is 8.96. The van der Waals surface area contributed by atoms with Crippen LogP contribution in [0, 0.1) is 0 Å². The summed E-state index contributed by atoms with van der Waals surface area (Å²) >= 11 is 0. The Bertz CT molecular complexity index is 455. The van der Waals surface area contributed by atoms with E-state index in [4.69, 9.17) is 9.05 Å². The summed E-state index contributed by atoms with van der Waals surface area (Å²) in [6.45, 7) is 0.896. The van der Waals surface area contributed by atoms with Crippen molar-refractivity contribution in [3.63, 3.8) is 0 Å². The topological polar surface area (TPSA) is 64.6 Å². The largest absolute Gasteiger partial charge is 0.438 e. The minimum absolute atomic E-state index is 0.280. The maximum Gasteiger partial charge on any atom is 0.438 e. The molecular formula is C14H24NO4PS. The molecule has 0 aliphatic carbocycles. The Kier molecular flexibility index (Phi) is 8.85. The summed E-state index contributed by atoms with van der Waals surface area (Å²) in [6.07, 6.45) is 3.33. The first-order valence-electron chi connectivity index (χ1n) is 7.25. The number of benzene rings is 1. The van der Waals surface area contributed by atoms with Gasteiger partial charge in [-0.1, -0.05) is 44.9 Å². The third kappa shape index (κ3) is 6.74. The molecule has 1 unspecified atom stereocenters. The zero-order valence-corrected chi connectivity index (χ0v) is 14.3. The second-order valence-electron chi connectivity index (χ2n) is 4.54. The van der Waals surface area contributed by atoms with Crippen LogP contribution in [-0.2, 0) is 24.2 Å². The summed E-state index contributed by atoms with van der Waals surface area (Å²) in [7, 11) is -1.92. The van der Waals surface area contributed by atoms with Gasteiger partial charge in [0.2, 0.25) is 10.6 Å². The highest BCUT2D eigenvalue weighted by Gasteiger charge is 2.33. The second kappa shape index (κ2) is 10.1. The quantitative estimate of drug-likeness (QED) is 0.478. The molecule has 0 aliphatic rings. The maximum absolute atomic E-state index is 12.7. The Labute approximate surface area is 129 Å². The number of rotatable bonds is 11. The average Bonchev–Trinajstić information content (AvgIpc) is 2.49. The molecule has 0 aliphatic heterocycles. The fourth-order valence-corrected chi connectivity index (χ4v) is 4.53. The molecule has 0 heterocycles. The molecule has 0 saturated heterocycles. The molecule has 1 aromatic rings. The van der Waals surface area contributed by atoms with Crippen LogP contribution in [0.2, 0.25) is 0 Å². The summed E-state index contributed by atoms with van der Waals surface area (Å²) in [4.78, 5) is 0.